The van der Waals surface area contributed by atoms with Gasteiger partial charge in [-0.3, -0.25) is 4.79 Å². The fourth-order valence-corrected chi connectivity index (χ4v) is 2.32. The van der Waals surface area contributed by atoms with E-state index in [1.165, 1.54) is 11.1 Å². The number of carbonyl (C=O) groups is 1. The zero-order valence-corrected chi connectivity index (χ0v) is 14.5. The van der Waals surface area contributed by atoms with Crippen molar-refractivity contribution < 1.29 is 4.79 Å². The molecule has 116 valence electrons. The lowest BCUT2D eigenvalue weighted by molar-refractivity contribution is -0.121. The van der Waals surface area contributed by atoms with Crippen molar-refractivity contribution in [2.75, 3.05) is 11.9 Å². The van der Waals surface area contributed by atoms with Gasteiger partial charge in [-0.25, -0.2) is 0 Å². The maximum atomic E-state index is 11.8. The van der Waals surface area contributed by atoms with Crippen molar-refractivity contribution in [3.05, 3.63) is 63.6 Å². The molecular formula is C18H21BrN2O. The zero-order valence-electron chi connectivity index (χ0n) is 12.9. The van der Waals surface area contributed by atoms with E-state index in [9.17, 15) is 4.79 Å². The second-order valence-electron chi connectivity index (χ2n) is 5.40. The fraction of sp³-hybridized carbons (Fsp3) is 0.278. The Bertz CT molecular complexity index is 638. The van der Waals surface area contributed by atoms with Crippen LogP contribution in [-0.4, -0.2) is 12.5 Å². The maximum Gasteiger partial charge on any atom is 0.222 e. The number of amides is 1. The Morgan fingerprint density at radius 2 is 1.82 bits per heavy atom. The van der Waals surface area contributed by atoms with Gasteiger partial charge in [0, 0.05) is 29.7 Å². The molecular weight excluding hydrogens is 340 g/mol. The summed E-state index contributed by atoms with van der Waals surface area (Å²) in [4.78, 5) is 11.8. The molecule has 0 saturated heterocycles. The minimum absolute atomic E-state index is 0.0573. The molecule has 0 saturated carbocycles. The van der Waals surface area contributed by atoms with Crippen LogP contribution in [0.1, 0.15) is 23.1 Å². The summed E-state index contributed by atoms with van der Waals surface area (Å²) in [7, 11) is 0. The third-order valence-corrected chi connectivity index (χ3v) is 4.34. The van der Waals surface area contributed by atoms with Gasteiger partial charge in [0.25, 0.3) is 0 Å². The lowest BCUT2D eigenvalue weighted by Gasteiger charge is -2.09. The first-order chi connectivity index (χ1) is 10.5. The lowest BCUT2D eigenvalue weighted by Crippen LogP contribution is -2.24. The smallest absolute Gasteiger partial charge is 0.222 e. The average molecular weight is 361 g/mol. The Morgan fingerprint density at radius 1 is 1.09 bits per heavy atom. The quantitative estimate of drug-likeness (QED) is 0.810. The molecule has 2 aromatic carbocycles. The molecule has 22 heavy (non-hydrogen) atoms. The number of hydrogen-bond donors (Lipinski definition) is 2. The van der Waals surface area contributed by atoms with Gasteiger partial charge in [0.2, 0.25) is 5.91 Å². The van der Waals surface area contributed by atoms with E-state index in [0.717, 1.165) is 15.7 Å². The predicted molar refractivity (Wildman–Crippen MR) is 95.0 cm³/mol. The second-order valence-corrected chi connectivity index (χ2v) is 6.26. The highest BCUT2D eigenvalue weighted by Crippen LogP contribution is 2.19. The molecule has 0 aliphatic rings. The molecule has 0 radical (unpaired) electrons. The fourth-order valence-electron chi connectivity index (χ4n) is 2.07. The van der Waals surface area contributed by atoms with Crippen LogP contribution in [0.25, 0.3) is 0 Å². The number of carbonyl (C=O) groups excluding carboxylic acids is 1. The van der Waals surface area contributed by atoms with Crippen molar-refractivity contribution in [3.63, 3.8) is 0 Å². The first-order valence-electron chi connectivity index (χ1n) is 7.37. The van der Waals surface area contributed by atoms with Crippen molar-refractivity contribution in [1.82, 2.24) is 5.32 Å². The Hall–Kier alpha value is -1.81. The van der Waals surface area contributed by atoms with E-state index in [0.29, 0.717) is 19.5 Å². The van der Waals surface area contributed by atoms with Gasteiger partial charge in [0.15, 0.2) is 0 Å². The van der Waals surface area contributed by atoms with Gasteiger partial charge < -0.3 is 10.6 Å². The summed E-state index contributed by atoms with van der Waals surface area (Å²) in [5, 5.41) is 6.21. The van der Waals surface area contributed by atoms with Crippen LogP contribution in [0, 0.1) is 13.8 Å². The summed E-state index contributed by atoms with van der Waals surface area (Å²) in [5.74, 6) is 0.0573. The molecule has 2 rings (SSSR count). The number of benzene rings is 2. The van der Waals surface area contributed by atoms with Crippen LogP contribution in [-0.2, 0) is 11.3 Å². The van der Waals surface area contributed by atoms with E-state index >= 15 is 0 Å². The normalized spacial score (nSPS) is 10.3. The molecule has 4 heteroatoms. The van der Waals surface area contributed by atoms with Crippen LogP contribution in [0.3, 0.4) is 0 Å². The van der Waals surface area contributed by atoms with E-state index in [1.807, 2.05) is 31.2 Å². The minimum atomic E-state index is 0.0573. The molecule has 2 N–H and O–H groups in total. The van der Waals surface area contributed by atoms with E-state index < -0.39 is 0 Å². The largest absolute Gasteiger partial charge is 0.385 e. The molecule has 0 heterocycles. The molecule has 1 amide bonds. The number of anilines is 1. The highest BCUT2D eigenvalue weighted by molar-refractivity contribution is 9.10. The SMILES string of the molecule is Cc1ccc(CNC(=O)CCNc2ccc(Br)c(C)c2)cc1. The van der Waals surface area contributed by atoms with Gasteiger partial charge in [-0.05, 0) is 43.2 Å². The molecule has 0 bridgehead atoms. The highest BCUT2D eigenvalue weighted by atomic mass is 79.9. The summed E-state index contributed by atoms with van der Waals surface area (Å²) in [6.45, 7) is 5.30. The number of hydrogen-bond acceptors (Lipinski definition) is 2. The highest BCUT2D eigenvalue weighted by Gasteiger charge is 2.02. The van der Waals surface area contributed by atoms with Crippen LogP contribution < -0.4 is 10.6 Å². The van der Waals surface area contributed by atoms with E-state index in [1.54, 1.807) is 0 Å². The molecule has 2 aromatic rings. The Morgan fingerprint density at radius 3 is 2.50 bits per heavy atom. The molecule has 0 spiro atoms. The van der Waals surface area contributed by atoms with Gasteiger partial charge >= 0.3 is 0 Å². The van der Waals surface area contributed by atoms with E-state index in [-0.39, 0.29) is 5.91 Å². The van der Waals surface area contributed by atoms with Crippen LogP contribution in [0.5, 0.6) is 0 Å². The zero-order chi connectivity index (χ0) is 15.9. The standard InChI is InChI=1S/C18H21BrN2O/c1-13-3-5-15(6-4-13)12-21-18(22)9-10-20-16-7-8-17(19)14(2)11-16/h3-8,11,20H,9-10,12H2,1-2H3,(H,21,22). The molecule has 0 aromatic heterocycles. The minimum Gasteiger partial charge on any atom is -0.385 e. The second kappa shape index (κ2) is 7.99. The molecule has 0 aliphatic heterocycles. The van der Waals surface area contributed by atoms with Crippen molar-refractivity contribution in [2.24, 2.45) is 0 Å². The summed E-state index contributed by atoms with van der Waals surface area (Å²) in [6.07, 6.45) is 0.459. The first kappa shape index (κ1) is 16.6. The van der Waals surface area contributed by atoms with Crippen molar-refractivity contribution in [2.45, 2.75) is 26.8 Å². The molecule has 3 nitrogen and oxygen atoms in total. The van der Waals surface area contributed by atoms with Crippen LogP contribution in [0.4, 0.5) is 5.69 Å². The third kappa shape index (κ3) is 5.19. The van der Waals surface area contributed by atoms with Crippen molar-refractivity contribution in [1.29, 1.82) is 0 Å². The third-order valence-electron chi connectivity index (χ3n) is 3.45. The molecule has 0 atom stereocenters. The van der Waals surface area contributed by atoms with Crippen molar-refractivity contribution >= 4 is 27.5 Å². The van der Waals surface area contributed by atoms with Gasteiger partial charge in [-0.1, -0.05) is 45.8 Å². The van der Waals surface area contributed by atoms with Crippen molar-refractivity contribution in [3.8, 4) is 0 Å². The van der Waals surface area contributed by atoms with Gasteiger partial charge in [-0.2, -0.15) is 0 Å². The van der Waals surface area contributed by atoms with E-state index in [4.69, 9.17) is 0 Å². The van der Waals surface area contributed by atoms with Gasteiger partial charge in [0.05, 0.1) is 0 Å². The summed E-state index contributed by atoms with van der Waals surface area (Å²) < 4.78 is 1.09. The number of nitrogens with one attached hydrogen (secondary N) is 2. The summed E-state index contributed by atoms with van der Waals surface area (Å²) in [5.41, 5.74) is 4.56. The van der Waals surface area contributed by atoms with Gasteiger partial charge in [-0.15, -0.1) is 0 Å². The summed E-state index contributed by atoms with van der Waals surface area (Å²) >= 11 is 3.48. The molecule has 0 aliphatic carbocycles. The Labute approximate surface area is 140 Å². The van der Waals surface area contributed by atoms with Crippen LogP contribution in [0.15, 0.2) is 46.9 Å². The maximum absolute atomic E-state index is 11.8. The summed E-state index contributed by atoms with van der Waals surface area (Å²) in [6, 6.07) is 14.3. The van der Waals surface area contributed by atoms with Crippen LogP contribution in [0.2, 0.25) is 0 Å². The number of halogens is 1. The Balaban J connectivity index is 1.71. The average Bonchev–Trinajstić information content (AvgIpc) is 2.50. The predicted octanol–water partition coefficient (Wildman–Crippen LogP) is 4.18. The Kier molecular flexibility index (Phi) is 6.01. The monoisotopic (exact) mass is 360 g/mol. The lowest BCUT2D eigenvalue weighted by atomic mass is 10.1. The topological polar surface area (TPSA) is 41.1 Å². The van der Waals surface area contributed by atoms with Gasteiger partial charge in [0.1, 0.15) is 0 Å². The molecule has 0 unspecified atom stereocenters. The number of rotatable bonds is 6. The van der Waals surface area contributed by atoms with Crippen LogP contribution >= 0.6 is 15.9 Å². The first-order valence-corrected chi connectivity index (χ1v) is 8.16. The number of aryl methyl sites for hydroxylation is 2. The molecule has 0 fully saturated rings. The van der Waals surface area contributed by atoms with E-state index in [2.05, 4.69) is 51.7 Å².